The fourth-order valence-corrected chi connectivity index (χ4v) is 4.91. The minimum atomic E-state index is -11.2. The maximum atomic E-state index is 14.0. The van der Waals surface area contributed by atoms with Crippen molar-refractivity contribution in [3.63, 3.8) is 0 Å². The third-order valence-electron chi connectivity index (χ3n) is 6.86. The van der Waals surface area contributed by atoms with E-state index in [1.54, 1.807) is 12.1 Å². The summed E-state index contributed by atoms with van der Waals surface area (Å²) < 4.78 is 115. The number of nitrogens with zero attached hydrogens (tertiary/aromatic N) is 2. The van der Waals surface area contributed by atoms with Crippen LogP contribution in [0.4, 0.5) is 45.8 Å². The van der Waals surface area contributed by atoms with Crippen molar-refractivity contribution < 1.29 is 61.4 Å². The Morgan fingerprint density at radius 2 is 0.840 bits per heavy atom. The molecular weight excluding hydrogens is 839 g/mol. The monoisotopic (exact) mass is 858 g/mol. The molecule has 0 unspecified atom stereocenters. The average Bonchev–Trinajstić information content (AvgIpc) is 3.01. The van der Waals surface area contributed by atoms with E-state index in [9.17, 15) is 44.7 Å². The molecule has 0 saturated carbocycles. The zero-order valence-electron chi connectivity index (χ0n) is 24.7. The third-order valence-corrected chi connectivity index (χ3v) is 6.86. The van der Waals surface area contributed by atoms with Gasteiger partial charge in [-0.3, -0.25) is 9.98 Å². The maximum absolute atomic E-state index is 14.0. The van der Waals surface area contributed by atoms with Crippen LogP contribution in [0.1, 0.15) is 11.1 Å². The number of aromatic hydroxyl groups is 2. The number of hydrogen-bond donors (Lipinski definition) is 2. The molecule has 1 radical (unpaired) electrons. The van der Waals surface area contributed by atoms with Gasteiger partial charge in [0.1, 0.15) is 11.6 Å². The van der Waals surface area contributed by atoms with Gasteiger partial charge in [0.05, 0.1) is 11.4 Å². The van der Waals surface area contributed by atoms with Crippen LogP contribution in [0, 0.1) is 23.3 Å². The first-order chi connectivity index (χ1) is 22.7. The molecule has 0 heterocycles. The van der Waals surface area contributed by atoms with Crippen molar-refractivity contribution in [2.75, 3.05) is 0 Å². The summed E-state index contributed by atoms with van der Waals surface area (Å²) in [4.78, 5) is 9.08. The second kappa shape index (κ2) is 13.6. The van der Waals surface area contributed by atoms with E-state index in [2.05, 4.69) is 9.98 Å². The van der Waals surface area contributed by atoms with E-state index in [1.807, 2.05) is 60.7 Å². The zero-order chi connectivity index (χ0) is 35.8. The SMILES string of the molecule is Oc1c(F)cc(F)cc1C=Nc1ccc2ccccc2c1-c1c(N=Cc2cc(F)cc(F)c2O)ccc2ccccc12.[Co].[F][Sb-]([F])([F])([F])([F])[F]. The van der Waals surface area contributed by atoms with Gasteiger partial charge < -0.3 is 10.2 Å². The van der Waals surface area contributed by atoms with Crippen molar-refractivity contribution in [1.29, 1.82) is 0 Å². The molecule has 0 aliphatic carbocycles. The summed E-state index contributed by atoms with van der Waals surface area (Å²) >= 11 is -11.2. The Morgan fingerprint density at radius 1 is 0.500 bits per heavy atom. The second-order valence-electron chi connectivity index (χ2n) is 10.5. The van der Waals surface area contributed by atoms with Crippen LogP contribution >= 0.6 is 0 Å². The van der Waals surface area contributed by atoms with E-state index in [4.69, 9.17) is 0 Å². The molecular formula is C34H20CoF10N2O2Sb-. The number of hydrogen-bond acceptors (Lipinski definition) is 4. The minimum absolute atomic E-state index is 0. The Hall–Kier alpha value is -4.60. The summed E-state index contributed by atoms with van der Waals surface area (Å²) in [6.07, 6.45) is 2.35. The van der Waals surface area contributed by atoms with Crippen LogP contribution in [-0.2, 0) is 16.8 Å². The summed E-state index contributed by atoms with van der Waals surface area (Å²) in [7, 11) is 0. The predicted octanol–water partition coefficient (Wildman–Crippen LogP) is 11.3. The van der Waals surface area contributed by atoms with Crippen LogP contribution in [0.25, 0.3) is 32.7 Å². The van der Waals surface area contributed by atoms with Crippen molar-refractivity contribution in [3.05, 3.63) is 131 Å². The van der Waals surface area contributed by atoms with E-state index in [0.29, 0.717) is 34.6 Å². The van der Waals surface area contributed by atoms with Crippen LogP contribution in [0.15, 0.2) is 107 Å². The van der Waals surface area contributed by atoms with Crippen LogP contribution < -0.4 is 0 Å². The Balaban J connectivity index is 0.000000638. The van der Waals surface area contributed by atoms with E-state index in [0.717, 1.165) is 33.7 Å². The number of halogens is 10. The van der Waals surface area contributed by atoms with Gasteiger partial charge in [-0.15, -0.1) is 0 Å². The summed E-state index contributed by atoms with van der Waals surface area (Å²) in [5.41, 5.74) is 1.77. The number of aliphatic imine (C=N–C) groups is 2. The molecule has 0 saturated heterocycles. The molecule has 2 N–H and O–H groups in total. The first-order valence-electron chi connectivity index (χ1n) is 13.8. The number of fused-ring (bicyclic) bond motifs is 2. The fraction of sp³-hybridized carbons (Fsp3) is 0. The Labute approximate surface area is 289 Å². The van der Waals surface area contributed by atoms with Crippen LogP contribution in [0.5, 0.6) is 11.5 Å². The third kappa shape index (κ3) is 9.76. The summed E-state index contributed by atoms with van der Waals surface area (Å²) in [5.74, 6) is -5.43. The average molecular weight is 859 g/mol. The number of rotatable bonds is 5. The Morgan fingerprint density at radius 3 is 1.20 bits per heavy atom. The summed E-state index contributed by atoms with van der Waals surface area (Å²) in [6.45, 7) is 0. The van der Waals surface area contributed by atoms with Crippen molar-refractivity contribution >= 4 is 64.8 Å². The summed E-state index contributed by atoms with van der Waals surface area (Å²) in [6, 6.07) is 25.4. The van der Waals surface area contributed by atoms with Gasteiger partial charge in [-0.05, 0) is 45.8 Å². The van der Waals surface area contributed by atoms with Crippen molar-refractivity contribution in [2.24, 2.45) is 9.98 Å². The van der Waals surface area contributed by atoms with Crippen LogP contribution in [0.2, 0.25) is 0 Å². The van der Waals surface area contributed by atoms with Gasteiger partial charge in [0.2, 0.25) is 0 Å². The standard InChI is InChI=1S/C34H20F4N2O2.Co.6FH.Sb/c35-23-13-21(33(41)27(37)15-23)17-39-29-11-9-19-5-1-3-7-25(19)31(29)32-26-8-4-2-6-20(26)10-12-30(32)40-18-22-14-24(36)16-28(38)34(22)42;;;;;;;;/h1-18,41-42H;;6*1H;/q;;;;;;;;+5/p-6. The van der Waals surface area contributed by atoms with Gasteiger partial charge in [-0.1, -0.05) is 60.7 Å². The topological polar surface area (TPSA) is 65.2 Å². The van der Waals surface area contributed by atoms with Gasteiger partial charge in [-0.25, -0.2) is 17.6 Å². The molecule has 16 heteroatoms. The molecule has 0 bridgehead atoms. The normalized spacial score (nSPS) is 13.2. The number of benzene rings is 6. The van der Waals surface area contributed by atoms with E-state index in [-0.39, 0.29) is 27.9 Å². The van der Waals surface area contributed by atoms with Gasteiger partial charge in [0, 0.05) is 63.6 Å². The van der Waals surface area contributed by atoms with Crippen LogP contribution in [0.3, 0.4) is 0 Å². The number of phenolic OH excluding ortho intramolecular Hbond substituents is 2. The van der Waals surface area contributed by atoms with Crippen molar-refractivity contribution in [1.82, 2.24) is 0 Å². The first kappa shape index (κ1) is 38.2. The quantitative estimate of drug-likeness (QED) is 0.103. The molecule has 263 valence electrons. The fourth-order valence-electron chi connectivity index (χ4n) is 4.91. The molecule has 50 heavy (non-hydrogen) atoms. The summed E-state index contributed by atoms with van der Waals surface area (Å²) in [5, 5.41) is 23.6. The van der Waals surface area contributed by atoms with Crippen LogP contribution in [-0.4, -0.2) is 42.1 Å². The van der Waals surface area contributed by atoms with Crippen molar-refractivity contribution in [2.45, 2.75) is 0 Å². The molecule has 6 aromatic rings. The zero-order valence-corrected chi connectivity index (χ0v) is 28.3. The Bertz CT molecular complexity index is 2160. The molecule has 0 aliphatic rings. The van der Waals surface area contributed by atoms with E-state index >= 15 is 0 Å². The van der Waals surface area contributed by atoms with E-state index in [1.165, 1.54) is 12.4 Å². The molecule has 0 aromatic heterocycles. The van der Waals surface area contributed by atoms with Gasteiger partial charge in [-0.2, -0.15) is 0 Å². The molecule has 6 aromatic carbocycles. The molecule has 0 spiro atoms. The Kier molecular flexibility index (Phi) is 10.4. The van der Waals surface area contributed by atoms with Gasteiger partial charge in [0.25, 0.3) is 0 Å². The van der Waals surface area contributed by atoms with Gasteiger partial charge >= 0.3 is 36.4 Å². The van der Waals surface area contributed by atoms with Crippen molar-refractivity contribution in [3.8, 4) is 22.6 Å². The van der Waals surface area contributed by atoms with E-state index < -0.39 is 54.2 Å². The molecule has 0 fully saturated rings. The predicted molar refractivity (Wildman–Crippen MR) is 170 cm³/mol. The molecule has 0 aliphatic heterocycles. The number of phenols is 2. The molecule has 0 atom stereocenters. The molecule has 0 amide bonds. The second-order valence-corrected chi connectivity index (χ2v) is 16.0. The molecule has 4 nitrogen and oxygen atoms in total. The molecule has 6 rings (SSSR count). The van der Waals surface area contributed by atoms with Gasteiger partial charge in [0.15, 0.2) is 23.1 Å². The first-order valence-corrected chi connectivity index (χ1v) is 19.6.